The highest BCUT2D eigenvalue weighted by molar-refractivity contribution is 9.10. The Balaban J connectivity index is 1.67. The van der Waals surface area contributed by atoms with Gasteiger partial charge in [0.1, 0.15) is 11.8 Å². The summed E-state index contributed by atoms with van der Waals surface area (Å²) in [6.07, 6.45) is 3.90. The molecule has 1 aliphatic heterocycles. The Hall–Kier alpha value is -3.16. The number of ether oxygens (including phenoxy) is 1. The van der Waals surface area contributed by atoms with Gasteiger partial charge in [-0.05, 0) is 79.3 Å². The summed E-state index contributed by atoms with van der Waals surface area (Å²) in [5.74, 6) is 0.814. The number of anilines is 1. The molecule has 1 N–H and O–H groups in total. The number of nitrogens with zero attached hydrogens (tertiary/aromatic N) is 3. The van der Waals surface area contributed by atoms with Crippen LogP contribution in [0, 0.1) is 6.92 Å². The Morgan fingerprint density at radius 3 is 2.64 bits per heavy atom. The predicted molar refractivity (Wildman–Crippen MR) is 139 cm³/mol. The lowest BCUT2D eigenvalue weighted by Crippen LogP contribution is -2.30. The molecule has 7 heteroatoms. The van der Waals surface area contributed by atoms with Crippen LogP contribution in [0.3, 0.4) is 0 Å². The van der Waals surface area contributed by atoms with Gasteiger partial charge in [0, 0.05) is 40.0 Å². The highest BCUT2D eigenvalue weighted by atomic mass is 79.9. The van der Waals surface area contributed by atoms with Crippen molar-refractivity contribution in [1.82, 2.24) is 14.9 Å². The molecule has 5 rings (SSSR count). The zero-order valence-electron chi connectivity index (χ0n) is 18.3. The second-order valence-electron chi connectivity index (χ2n) is 7.93. The SMILES string of the molecule is COc1cccc(-n2cccc2[C@@H]2[C@@H](c3ccccn3)NC(=S)N2c2ccc(Br)c(C)c2)c1. The molecule has 5 nitrogen and oxygen atoms in total. The van der Waals surface area contributed by atoms with Crippen molar-refractivity contribution < 1.29 is 4.74 Å². The highest BCUT2D eigenvalue weighted by Gasteiger charge is 2.42. The van der Waals surface area contributed by atoms with Crippen molar-refractivity contribution >= 4 is 38.9 Å². The van der Waals surface area contributed by atoms with Crippen LogP contribution in [0.2, 0.25) is 0 Å². The number of hydrogen-bond donors (Lipinski definition) is 1. The van der Waals surface area contributed by atoms with Crippen LogP contribution in [0.25, 0.3) is 5.69 Å². The molecule has 0 bridgehead atoms. The molecule has 0 radical (unpaired) electrons. The number of pyridine rings is 1. The Morgan fingerprint density at radius 1 is 1.00 bits per heavy atom. The molecule has 33 heavy (non-hydrogen) atoms. The maximum Gasteiger partial charge on any atom is 0.174 e. The summed E-state index contributed by atoms with van der Waals surface area (Å²) in [4.78, 5) is 6.85. The van der Waals surface area contributed by atoms with Crippen LogP contribution >= 0.6 is 28.1 Å². The largest absolute Gasteiger partial charge is 0.497 e. The smallest absolute Gasteiger partial charge is 0.174 e. The van der Waals surface area contributed by atoms with Crippen LogP contribution in [0.5, 0.6) is 5.75 Å². The molecule has 0 unspecified atom stereocenters. The van der Waals surface area contributed by atoms with Gasteiger partial charge in [0.05, 0.1) is 18.8 Å². The first-order valence-electron chi connectivity index (χ1n) is 10.7. The third kappa shape index (κ3) is 4.03. The second kappa shape index (κ2) is 9.00. The minimum absolute atomic E-state index is 0.103. The standard InChI is InChI=1S/C26H23BrN4OS/c1-17-15-19(11-12-21(17)27)31-25(24(29-26(31)33)22-9-3-4-13-28-22)23-10-6-14-30(23)18-7-5-8-20(16-18)32-2/h3-16,24-25H,1-2H3,(H,29,33)/t24-,25-/m1/s1. The molecule has 4 aromatic rings. The van der Waals surface area contributed by atoms with Crippen molar-refractivity contribution in [3.63, 3.8) is 0 Å². The highest BCUT2D eigenvalue weighted by Crippen LogP contribution is 2.43. The van der Waals surface area contributed by atoms with Crippen LogP contribution in [0.1, 0.15) is 29.0 Å². The van der Waals surface area contributed by atoms with Crippen molar-refractivity contribution in [3.8, 4) is 11.4 Å². The first-order chi connectivity index (χ1) is 16.1. The van der Waals surface area contributed by atoms with Gasteiger partial charge in [-0.3, -0.25) is 4.98 Å². The monoisotopic (exact) mass is 518 g/mol. The molecule has 1 saturated heterocycles. The van der Waals surface area contributed by atoms with Crippen LogP contribution < -0.4 is 15.0 Å². The van der Waals surface area contributed by atoms with E-state index in [0.717, 1.165) is 38.5 Å². The van der Waals surface area contributed by atoms with Gasteiger partial charge in [0.2, 0.25) is 0 Å². The van der Waals surface area contributed by atoms with E-state index in [-0.39, 0.29) is 12.1 Å². The Labute approximate surface area is 207 Å². The molecule has 166 valence electrons. The van der Waals surface area contributed by atoms with E-state index in [1.54, 1.807) is 7.11 Å². The molecule has 2 aromatic heterocycles. The molecule has 0 amide bonds. The molecule has 2 atom stereocenters. The van der Waals surface area contributed by atoms with Crippen molar-refractivity contribution in [2.75, 3.05) is 12.0 Å². The molecular formula is C26H23BrN4OS. The summed E-state index contributed by atoms with van der Waals surface area (Å²) in [6, 6.07) is 24.4. The summed E-state index contributed by atoms with van der Waals surface area (Å²) in [6.45, 7) is 2.09. The van der Waals surface area contributed by atoms with E-state index in [0.29, 0.717) is 5.11 Å². The Bertz CT molecular complexity index is 1310. The van der Waals surface area contributed by atoms with E-state index in [2.05, 4.69) is 85.2 Å². The summed E-state index contributed by atoms with van der Waals surface area (Å²) >= 11 is 9.49. The number of aromatic nitrogens is 2. The molecular weight excluding hydrogens is 496 g/mol. The minimum Gasteiger partial charge on any atom is -0.497 e. The Kier molecular flexibility index (Phi) is 5.91. The van der Waals surface area contributed by atoms with Gasteiger partial charge >= 0.3 is 0 Å². The van der Waals surface area contributed by atoms with E-state index in [1.165, 1.54) is 0 Å². The summed E-state index contributed by atoms with van der Waals surface area (Å²) in [7, 11) is 1.68. The van der Waals surface area contributed by atoms with Crippen LogP contribution in [-0.2, 0) is 0 Å². The van der Waals surface area contributed by atoms with Gasteiger partial charge in [-0.15, -0.1) is 0 Å². The third-order valence-electron chi connectivity index (χ3n) is 5.93. The fourth-order valence-corrected chi connectivity index (χ4v) is 4.94. The van der Waals surface area contributed by atoms with Gasteiger partial charge in [0.25, 0.3) is 0 Å². The molecule has 1 aliphatic rings. The zero-order valence-corrected chi connectivity index (χ0v) is 20.7. The second-order valence-corrected chi connectivity index (χ2v) is 9.18. The lowest BCUT2D eigenvalue weighted by Gasteiger charge is -2.29. The van der Waals surface area contributed by atoms with Crippen molar-refractivity contribution in [2.45, 2.75) is 19.0 Å². The molecule has 2 aromatic carbocycles. The minimum atomic E-state index is -0.109. The Morgan fingerprint density at radius 2 is 1.88 bits per heavy atom. The van der Waals surface area contributed by atoms with E-state index in [4.69, 9.17) is 17.0 Å². The molecule has 0 spiro atoms. The fraction of sp³-hybridized carbons (Fsp3) is 0.154. The lowest BCUT2D eigenvalue weighted by molar-refractivity contribution is 0.414. The van der Waals surface area contributed by atoms with Crippen molar-refractivity contribution in [3.05, 3.63) is 107 Å². The predicted octanol–water partition coefficient (Wildman–Crippen LogP) is 6.13. The summed E-state index contributed by atoms with van der Waals surface area (Å²) < 4.78 is 8.73. The van der Waals surface area contributed by atoms with Gasteiger partial charge in [-0.25, -0.2) is 0 Å². The van der Waals surface area contributed by atoms with Gasteiger partial charge in [-0.1, -0.05) is 28.1 Å². The number of hydrogen-bond acceptors (Lipinski definition) is 3. The maximum absolute atomic E-state index is 5.87. The molecule has 0 aliphatic carbocycles. The quantitative estimate of drug-likeness (QED) is 0.322. The number of rotatable bonds is 5. The van der Waals surface area contributed by atoms with Crippen LogP contribution in [0.4, 0.5) is 5.69 Å². The summed E-state index contributed by atoms with van der Waals surface area (Å²) in [5.41, 5.74) is 5.26. The maximum atomic E-state index is 5.87. The van der Waals surface area contributed by atoms with E-state index in [1.807, 2.05) is 42.6 Å². The molecule has 3 heterocycles. The fourth-order valence-electron chi connectivity index (χ4n) is 4.34. The van der Waals surface area contributed by atoms with Gasteiger partial charge in [-0.2, -0.15) is 0 Å². The number of benzene rings is 2. The normalized spacial score (nSPS) is 17.8. The topological polar surface area (TPSA) is 42.3 Å². The summed E-state index contributed by atoms with van der Waals surface area (Å²) in [5, 5.41) is 4.21. The van der Waals surface area contributed by atoms with Gasteiger partial charge in [0.15, 0.2) is 5.11 Å². The number of halogens is 1. The average molecular weight is 519 g/mol. The number of nitrogens with one attached hydrogen (secondary N) is 1. The number of aryl methyl sites for hydroxylation is 1. The number of methoxy groups -OCH3 is 1. The van der Waals surface area contributed by atoms with Crippen molar-refractivity contribution in [2.24, 2.45) is 0 Å². The van der Waals surface area contributed by atoms with E-state index >= 15 is 0 Å². The molecule has 0 saturated carbocycles. The molecule has 1 fully saturated rings. The first-order valence-corrected chi connectivity index (χ1v) is 11.9. The third-order valence-corrected chi connectivity index (χ3v) is 7.14. The van der Waals surface area contributed by atoms with E-state index in [9.17, 15) is 0 Å². The van der Waals surface area contributed by atoms with Gasteiger partial charge < -0.3 is 19.5 Å². The average Bonchev–Trinajstić information content (AvgIpc) is 3.46. The lowest BCUT2D eigenvalue weighted by atomic mass is 10.0. The zero-order chi connectivity index (χ0) is 22.9. The van der Waals surface area contributed by atoms with E-state index < -0.39 is 0 Å². The van der Waals surface area contributed by atoms with Crippen molar-refractivity contribution in [1.29, 1.82) is 0 Å². The number of thiocarbonyl (C=S) groups is 1. The van der Waals surface area contributed by atoms with Crippen LogP contribution in [0.15, 0.2) is 89.7 Å². The first kappa shape index (κ1) is 21.7. The van der Waals surface area contributed by atoms with Crippen LogP contribution in [-0.4, -0.2) is 21.8 Å².